The summed E-state index contributed by atoms with van der Waals surface area (Å²) in [7, 11) is 4.82. The van der Waals surface area contributed by atoms with Crippen LogP contribution in [-0.2, 0) is 4.79 Å². The van der Waals surface area contributed by atoms with E-state index in [-0.39, 0.29) is 24.1 Å². The summed E-state index contributed by atoms with van der Waals surface area (Å²) in [5, 5.41) is 3.62. The summed E-state index contributed by atoms with van der Waals surface area (Å²) in [5.41, 5.74) is 0.635. The molecule has 0 aliphatic rings. The van der Waals surface area contributed by atoms with Crippen molar-refractivity contribution >= 4 is 11.8 Å². The first-order valence-electron chi connectivity index (χ1n) is 4.80. The minimum absolute atomic E-state index is 0.0194. The number of nitrogens with zero attached hydrogens (tertiary/aromatic N) is 3. The van der Waals surface area contributed by atoms with Crippen molar-refractivity contribution in [1.29, 1.82) is 0 Å². The van der Waals surface area contributed by atoms with Gasteiger partial charge in [-0.2, -0.15) is 0 Å². The molecular weight excluding hydrogens is 210 g/mol. The van der Waals surface area contributed by atoms with Gasteiger partial charge in [-0.25, -0.2) is 0 Å². The molecule has 1 aromatic rings. The molecule has 0 radical (unpaired) electrons. The molecule has 0 fully saturated rings. The molecule has 0 saturated heterocycles. The van der Waals surface area contributed by atoms with Gasteiger partial charge in [0.2, 0.25) is 11.7 Å². The normalized spacial score (nSPS) is 10.0. The van der Waals surface area contributed by atoms with E-state index in [0.717, 1.165) is 0 Å². The number of aryl methyl sites for hydroxylation is 1. The standard InChI is InChI=1S/C10H15N3O3/c1-7-5-8(16-11-7)10(15)13(4)6-9(14)12(2)3/h5H,6H2,1-4H3. The summed E-state index contributed by atoms with van der Waals surface area (Å²) in [4.78, 5) is 25.8. The Labute approximate surface area is 93.8 Å². The van der Waals surface area contributed by atoms with Gasteiger partial charge in [0.05, 0.1) is 12.2 Å². The summed E-state index contributed by atoms with van der Waals surface area (Å²) in [6.45, 7) is 1.75. The van der Waals surface area contributed by atoms with E-state index >= 15 is 0 Å². The molecule has 1 heterocycles. The lowest BCUT2D eigenvalue weighted by atomic mass is 10.3. The van der Waals surface area contributed by atoms with Gasteiger partial charge in [0.15, 0.2) is 0 Å². The van der Waals surface area contributed by atoms with Crippen LogP contribution in [-0.4, -0.2) is 54.5 Å². The van der Waals surface area contributed by atoms with E-state index < -0.39 is 0 Å². The molecule has 0 atom stereocenters. The van der Waals surface area contributed by atoms with Gasteiger partial charge in [-0.15, -0.1) is 0 Å². The van der Waals surface area contributed by atoms with Crippen LogP contribution < -0.4 is 0 Å². The van der Waals surface area contributed by atoms with E-state index in [2.05, 4.69) is 5.16 Å². The Hall–Kier alpha value is -1.85. The molecule has 2 amide bonds. The number of likely N-dealkylation sites (N-methyl/N-ethyl adjacent to an activating group) is 2. The molecule has 0 saturated carbocycles. The lowest BCUT2D eigenvalue weighted by molar-refractivity contribution is -0.129. The number of carbonyl (C=O) groups excluding carboxylic acids is 2. The molecule has 6 heteroatoms. The van der Waals surface area contributed by atoms with Crippen LogP contribution in [0.25, 0.3) is 0 Å². The van der Waals surface area contributed by atoms with Crippen molar-refractivity contribution < 1.29 is 14.1 Å². The Morgan fingerprint density at radius 3 is 2.44 bits per heavy atom. The monoisotopic (exact) mass is 225 g/mol. The second-order valence-electron chi connectivity index (χ2n) is 3.78. The predicted octanol–water partition coefficient (Wildman–Crippen LogP) is 0.143. The number of carbonyl (C=O) groups is 2. The molecule has 0 aliphatic carbocycles. The van der Waals surface area contributed by atoms with E-state index in [9.17, 15) is 9.59 Å². The third-order valence-electron chi connectivity index (χ3n) is 2.06. The van der Waals surface area contributed by atoms with Gasteiger partial charge in [-0.3, -0.25) is 9.59 Å². The quantitative estimate of drug-likeness (QED) is 0.734. The van der Waals surface area contributed by atoms with Crippen LogP contribution >= 0.6 is 0 Å². The highest BCUT2D eigenvalue weighted by molar-refractivity contribution is 5.93. The Bertz CT molecular complexity index is 398. The minimum Gasteiger partial charge on any atom is -0.351 e. The SMILES string of the molecule is Cc1cc(C(=O)N(C)CC(=O)N(C)C)on1. The van der Waals surface area contributed by atoms with Crippen LogP contribution in [0.3, 0.4) is 0 Å². The zero-order valence-corrected chi connectivity index (χ0v) is 9.85. The lowest BCUT2D eigenvalue weighted by Crippen LogP contribution is -2.37. The zero-order chi connectivity index (χ0) is 12.3. The first-order chi connectivity index (χ1) is 7.41. The Kier molecular flexibility index (Phi) is 3.65. The van der Waals surface area contributed by atoms with Crippen LogP contribution in [0.15, 0.2) is 10.6 Å². The maximum Gasteiger partial charge on any atom is 0.292 e. The Morgan fingerprint density at radius 2 is 2.00 bits per heavy atom. The molecule has 88 valence electrons. The van der Waals surface area contributed by atoms with Crippen LogP contribution in [0.5, 0.6) is 0 Å². The number of hydrogen-bond acceptors (Lipinski definition) is 4. The lowest BCUT2D eigenvalue weighted by Gasteiger charge is -2.17. The second-order valence-corrected chi connectivity index (χ2v) is 3.78. The maximum atomic E-state index is 11.7. The van der Waals surface area contributed by atoms with Crippen LogP contribution in [0.4, 0.5) is 0 Å². The molecule has 0 aliphatic heterocycles. The highest BCUT2D eigenvalue weighted by atomic mass is 16.5. The highest BCUT2D eigenvalue weighted by Gasteiger charge is 2.19. The fourth-order valence-corrected chi connectivity index (χ4v) is 1.07. The highest BCUT2D eigenvalue weighted by Crippen LogP contribution is 2.05. The Balaban J connectivity index is 2.65. The third kappa shape index (κ3) is 2.82. The molecule has 1 rings (SSSR count). The molecule has 0 aromatic carbocycles. The number of aromatic nitrogens is 1. The van der Waals surface area contributed by atoms with Gasteiger partial charge in [0.1, 0.15) is 0 Å². The van der Waals surface area contributed by atoms with E-state index in [1.165, 1.54) is 9.80 Å². The summed E-state index contributed by atoms with van der Waals surface area (Å²) in [5.74, 6) is -0.352. The summed E-state index contributed by atoms with van der Waals surface area (Å²) in [6, 6.07) is 1.54. The van der Waals surface area contributed by atoms with Crippen LogP contribution in [0.1, 0.15) is 16.2 Å². The van der Waals surface area contributed by atoms with Gasteiger partial charge < -0.3 is 14.3 Å². The number of amides is 2. The van der Waals surface area contributed by atoms with E-state index in [1.807, 2.05) is 0 Å². The average Bonchev–Trinajstić information content (AvgIpc) is 2.63. The molecule has 0 N–H and O–H groups in total. The van der Waals surface area contributed by atoms with E-state index in [4.69, 9.17) is 4.52 Å². The van der Waals surface area contributed by atoms with Crippen LogP contribution in [0, 0.1) is 6.92 Å². The zero-order valence-electron chi connectivity index (χ0n) is 9.85. The average molecular weight is 225 g/mol. The first kappa shape index (κ1) is 12.2. The van der Waals surface area contributed by atoms with Crippen LogP contribution in [0.2, 0.25) is 0 Å². The Morgan fingerprint density at radius 1 is 1.38 bits per heavy atom. The largest absolute Gasteiger partial charge is 0.351 e. The maximum absolute atomic E-state index is 11.7. The van der Waals surface area contributed by atoms with Crippen molar-refractivity contribution in [2.75, 3.05) is 27.7 Å². The van der Waals surface area contributed by atoms with Crippen molar-refractivity contribution in [2.45, 2.75) is 6.92 Å². The minimum atomic E-state index is -0.351. The van der Waals surface area contributed by atoms with Crippen molar-refractivity contribution in [3.05, 3.63) is 17.5 Å². The summed E-state index contributed by atoms with van der Waals surface area (Å²) >= 11 is 0. The molecular formula is C10H15N3O3. The second kappa shape index (κ2) is 4.78. The van der Waals surface area contributed by atoms with E-state index in [1.54, 1.807) is 34.1 Å². The molecule has 6 nitrogen and oxygen atoms in total. The van der Waals surface area contributed by atoms with Gasteiger partial charge in [-0.1, -0.05) is 5.16 Å². The molecule has 1 aromatic heterocycles. The van der Waals surface area contributed by atoms with Crippen molar-refractivity contribution in [1.82, 2.24) is 15.0 Å². The van der Waals surface area contributed by atoms with Gasteiger partial charge in [0, 0.05) is 27.2 Å². The third-order valence-corrected chi connectivity index (χ3v) is 2.06. The summed E-state index contributed by atoms with van der Waals surface area (Å²) in [6.07, 6.45) is 0. The molecule has 0 unspecified atom stereocenters. The smallest absolute Gasteiger partial charge is 0.292 e. The van der Waals surface area contributed by atoms with E-state index in [0.29, 0.717) is 5.69 Å². The van der Waals surface area contributed by atoms with Crippen molar-refractivity contribution in [2.24, 2.45) is 0 Å². The van der Waals surface area contributed by atoms with Crippen molar-refractivity contribution in [3.63, 3.8) is 0 Å². The number of hydrogen-bond donors (Lipinski definition) is 0. The predicted molar refractivity (Wildman–Crippen MR) is 56.9 cm³/mol. The molecule has 0 bridgehead atoms. The summed E-state index contributed by atoms with van der Waals surface area (Å²) < 4.78 is 4.82. The fraction of sp³-hybridized carbons (Fsp3) is 0.500. The van der Waals surface area contributed by atoms with Gasteiger partial charge in [0.25, 0.3) is 5.91 Å². The topological polar surface area (TPSA) is 66.7 Å². The van der Waals surface area contributed by atoms with Crippen molar-refractivity contribution in [3.8, 4) is 0 Å². The molecule has 0 spiro atoms. The fourth-order valence-electron chi connectivity index (χ4n) is 1.07. The van der Waals surface area contributed by atoms with Gasteiger partial charge in [-0.05, 0) is 6.92 Å². The first-order valence-corrected chi connectivity index (χ1v) is 4.80. The van der Waals surface area contributed by atoms with Gasteiger partial charge >= 0.3 is 0 Å². The number of rotatable bonds is 3. The molecule has 16 heavy (non-hydrogen) atoms.